The zero-order chi connectivity index (χ0) is 10.2. The van der Waals surface area contributed by atoms with Gasteiger partial charge in [-0.15, -0.1) is 0 Å². The van der Waals surface area contributed by atoms with Crippen molar-refractivity contribution in [1.82, 2.24) is 0 Å². The van der Waals surface area contributed by atoms with E-state index in [1.165, 1.54) is 12.0 Å². The van der Waals surface area contributed by atoms with Crippen molar-refractivity contribution in [2.24, 2.45) is 5.92 Å². The molecule has 2 aromatic carbocycles. The van der Waals surface area contributed by atoms with Crippen LogP contribution in [0.4, 0.5) is 0 Å². The molecule has 88 valence electrons. The topological polar surface area (TPSA) is 0 Å². The summed E-state index contributed by atoms with van der Waals surface area (Å²) in [7, 11) is 0. The van der Waals surface area contributed by atoms with E-state index < -0.39 is 0 Å². The van der Waals surface area contributed by atoms with Gasteiger partial charge in [-0.1, -0.05) is 26.2 Å². The summed E-state index contributed by atoms with van der Waals surface area (Å²) in [5.41, 5.74) is 1.46. The summed E-state index contributed by atoms with van der Waals surface area (Å²) in [6, 6.07) is 18.6. The van der Waals surface area contributed by atoms with E-state index in [9.17, 15) is 0 Å². The van der Waals surface area contributed by atoms with Crippen molar-refractivity contribution >= 4 is 0 Å². The normalized spacial score (nSPS) is 9.00. The van der Waals surface area contributed by atoms with Gasteiger partial charge in [0.05, 0.1) is 0 Å². The van der Waals surface area contributed by atoms with Crippen LogP contribution in [0.2, 0.25) is 0 Å². The molecule has 0 aliphatic heterocycles. The van der Waals surface area contributed by atoms with Crippen molar-refractivity contribution < 1.29 is 17.1 Å². The van der Waals surface area contributed by atoms with Gasteiger partial charge in [-0.2, -0.15) is 17.7 Å². The molecular formula is C14H18Fe-6. The van der Waals surface area contributed by atoms with E-state index >= 15 is 0 Å². The third-order valence-corrected chi connectivity index (χ3v) is 1.93. The van der Waals surface area contributed by atoms with Crippen molar-refractivity contribution in [3.05, 3.63) is 60.2 Å². The molecule has 2 aromatic rings. The molecule has 0 aliphatic rings. The first kappa shape index (κ1) is 14.2. The number of rotatable bonds is 2. The maximum absolute atomic E-state index is 2.24. The Morgan fingerprint density at radius 3 is 1.67 bits per heavy atom. The quantitative estimate of drug-likeness (QED) is 0.551. The molecule has 0 fully saturated rings. The van der Waals surface area contributed by atoms with Gasteiger partial charge in [-0.05, 0) is 0 Å². The molecule has 0 amide bonds. The van der Waals surface area contributed by atoms with Crippen LogP contribution >= 0.6 is 0 Å². The molecule has 0 atom stereocenters. The van der Waals surface area contributed by atoms with Crippen LogP contribution < -0.4 is 0 Å². The van der Waals surface area contributed by atoms with Gasteiger partial charge >= 0.3 is 0 Å². The van der Waals surface area contributed by atoms with Crippen LogP contribution in [0.1, 0.15) is 19.4 Å². The van der Waals surface area contributed by atoms with E-state index in [0.717, 1.165) is 5.92 Å². The molecule has 0 heterocycles. The van der Waals surface area contributed by atoms with Crippen LogP contribution in [0, 0.1) is 5.92 Å². The Kier molecular flexibility index (Phi) is 8.08. The first-order valence-electron chi connectivity index (χ1n) is 5.16. The van der Waals surface area contributed by atoms with Gasteiger partial charge in [-0.25, -0.2) is 12.1 Å². The fourth-order valence-corrected chi connectivity index (χ4v) is 1.34. The van der Waals surface area contributed by atoms with E-state index in [2.05, 4.69) is 38.1 Å². The van der Waals surface area contributed by atoms with Crippen molar-refractivity contribution in [2.75, 3.05) is 0 Å². The molecule has 0 saturated heterocycles. The minimum absolute atomic E-state index is 0. The Hall–Kier alpha value is -0.781. The Balaban J connectivity index is 0.000000280. The number of hydrogen-bond donors (Lipinski definition) is 0. The molecule has 0 N–H and O–H groups in total. The van der Waals surface area contributed by atoms with Gasteiger partial charge in [0.2, 0.25) is 0 Å². The third kappa shape index (κ3) is 7.18. The smallest absolute Gasteiger partial charge is 0 e. The molecule has 0 radical (unpaired) electrons. The molecule has 0 saturated carbocycles. The van der Waals surface area contributed by atoms with E-state index in [1.807, 2.05) is 30.3 Å². The molecule has 15 heavy (non-hydrogen) atoms. The first-order valence-corrected chi connectivity index (χ1v) is 5.16. The van der Waals surface area contributed by atoms with Crippen molar-refractivity contribution in [2.45, 2.75) is 20.3 Å². The van der Waals surface area contributed by atoms with Crippen LogP contribution in [0.5, 0.6) is 0 Å². The Labute approximate surface area is 104 Å². The second-order valence-electron chi connectivity index (χ2n) is 3.85. The Morgan fingerprint density at radius 2 is 1.33 bits per heavy atom. The van der Waals surface area contributed by atoms with Gasteiger partial charge < -0.3 is 30.3 Å². The fraction of sp³-hybridized carbons (Fsp3) is 0.286. The SMILES string of the molecule is CC(C)C[c-]1cccc1.[Fe].[cH-]1[cH-][cH-][cH-][cH-]1. The van der Waals surface area contributed by atoms with Gasteiger partial charge in [-0.3, -0.25) is 0 Å². The largest absolute Gasteiger partial charge is 0.748 e. The molecule has 0 nitrogen and oxygen atoms in total. The van der Waals surface area contributed by atoms with E-state index in [0.29, 0.717) is 0 Å². The van der Waals surface area contributed by atoms with Crippen LogP contribution in [-0.4, -0.2) is 0 Å². The van der Waals surface area contributed by atoms with E-state index in [4.69, 9.17) is 0 Å². The molecular weight excluding hydrogens is 224 g/mol. The average Bonchev–Trinajstić information content (AvgIpc) is 2.75. The third-order valence-electron chi connectivity index (χ3n) is 1.93. The van der Waals surface area contributed by atoms with Gasteiger partial charge in [0.1, 0.15) is 0 Å². The first-order chi connectivity index (χ1) is 6.79. The van der Waals surface area contributed by atoms with Crippen LogP contribution in [0.3, 0.4) is 0 Å². The summed E-state index contributed by atoms with van der Waals surface area (Å²) in [4.78, 5) is 0. The zero-order valence-electron chi connectivity index (χ0n) is 9.33. The molecule has 1 heteroatoms. The summed E-state index contributed by atoms with van der Waals surface area (Å²) in [6.07, 6.45) is 1.22. The summed E-state index contributed by atoms with van der Waals surface area (Å²) in [5.74, 6) is 0.785. The molecule has 0 aliphatic carbocycles. The Bertz CT molecular complexity index is 273. The second-order valence-corrected chi connectivity index (χ2v) is 3.85. The van der Waals surface area contributed by atoms with Crippen LogP contribution in [0.15, 0.2) is 54.6 Å². The summed E-state index contributed by atoms with van der Waals surface area (Å²) < 4.78 is 0. The summed E-state index contributed by atoms with van der Waals surface area (Å²) in [6.45, 7) is 4.49. The molecule has 0 unspecified atom stereocenters. The maximum atomic E-state index is 2.24. The van der Waals surface area contributed by atoms with E-state index in [1.54, 1.807) is 0 Å². The minimum atomic E-state index is 0. The van der Waals surface area contributed by atoms with Gasteiger partial charge in [0.15, 0.2) is 0 Å². The zero-order valence-corrected chi connectivity index (χ0v) is 10.4. The summed E-state index contributed by atoms with van der Waals surface area (Å²) in [5, 5.41) is 0. The fourth-order valence-electron chi connectivity index (χ4n) is 1.34. The molecule has 0 spiro atoms. The standard InChI is InChI=1S/C9H13.C5H5.Fe/c1-8(2)7-9-5-3-4-6-9;1-2-4-5-3-1;/h3-6,8H,7H2,1-2H3;1-5H;/q-1;-5;. The van der Waals surface area contributed by atoms with Gasteiger partial charge in [0.25, 0.3) is 0 Å². The van der Waals surface area contributed by atoms with Crippen molar-refractivity contribution in [1.29, 1.82) is 0 Å². The van der Waals surface area contributed by atoms with Crippen LogP contribution in [0.25, 0.3) is 0 Å². The molecule has 0 bridgehead atoms. The predicted octanol–water partition coefficient (Wildman–Crippen LogP) is 4.01. The second kappa shape index (κ2) is 8.52. The molecule has 2 rings (SSSR count). The summed E-state index contributed by atoms with van der Waals surface area (Å²) >= 11 is 0. The average molecular weight is 242 g/mol. The maximum Gasteiger partial charge on any atom is 0 e. The van der Waals surface area contributed by atoms with Crippen molar-refractivity contribution in [3.8, 4) is 0 Å². The number of hydrogen-bond acceptors (Lipinski definition) is 0. The Morgan fingerprint density at radius 1 is 0.933 bits per heavy atom. The van der Waals surface area contributed by atoms with Gasteiger partial charge in [0, 0.05) is 17.1 Å². The monoisotopic (exact) mass is 242 g/mol. The molecule has 0 aromatic heterocycles. The van der Waals surface area contributed by atoms with Crippen molar-refractivity contribution in [3.63, 3.8) is 0 Å². The predicted molar refractivity (Wildman–Crippen MR) is 62.6 cm³/mol. The van der Waals surface area contributed by atoms with E-state index in [-0.39, 0.29) is 17.1 Å². The minimum Gasteiger partial charge on any atom is -0.748 e. The van der Waals surface area contributed by atoms with Crippen LogP contribution in [-0.2, 0) is 23.5 Å².